The van der Waals surface area contributed by atoms with Gasteiger partial charge in [-0.25, -0.2) is 4.79 Å². The Morgan fingerprint density at radius 1 is 1.12 bits per heavy atom. The van der Waals surface area contributed by atoms with E-state index in [1.165, 1.54) is 0 Å². The third-order valence-electron chi connectivity index (χ3n) is 4.13. The van der Waals surface area contributed by atoms with Gasteiger partial charge in [0.1, 0.15) is 0 Å². The first-order chi connectivity index (χ1) is 11.7. The zero-order chi connectivity index (χ0) is 16.9. The van der Waals surface area contributed by atoms with Gasteiger partial charge in [0.05, 0.1) is 19.8 Å². The Balaban J connectivity index is 1.55. The van der Waals surface area contributed by atoms with E-state index in [9.17, 15) is 9.59 Å². The van der Waals surface area contributed by atoms with Crippen LogP contribution in [0.1, 0.15) is 17.4 Å². The fraction of sp³-hybridized carbons (Fsp3) is 0.667. The lowest BCUT2D eigenvalue weighted by molar-refractivity contribution is 0.0562. The number of anilines is 1. The van der Waals surface area contributed by atoms with Crippen LogP contribution in [0.15, 0.2) is 10.6 Å². The van der Waals surface area contributed by atoms with E-state index in [0.29, 0.717) is 57.6 Å². The molecule has 3 heterocycles. The maximum Gasteiger partial charge on any atom is 0.409 e. The lowest BCUT2D eigenvalue weighted by Crippen LogP contribution is -2.50. The number of aromatic nitrogens is 1. The Morgan fingerprint density at radius 2 is 1.79 bits per heavy atom. The number of morpholine rings is 1. The molecule has 0 unspecified atom stereocenters. The van der Waals surface area contributed by atoms with Gasteiger partial charge >= 0.3 is 6.09 Å². The summed E-state index contributed by atoms with van der Waals surface area (Å²) in [5.41, 5.74) is 0.293. The number of piperazine rings is 1. The molecule has 0 saturated carbocycles. The summed E-state index contributed by atoms with van der Waals surface area (Å²) in [4.78, 5) is 29.5. The number of carbonyl (C=O) groups excluding carboxylic acids is 2. The van der Waals surface area contributed by atoms with Gasteiger partial charge in [-0.3, -0.25) is 4.79 Å². The predicted octanol–water partition coefficient (Wildman–Crippen LogP) is 0.426. The van der Waals surface area contributed by atoms with Gasteiger partial charge in [-0.15, -0.1) is 0 Å². The van der Waals surface area contributed by atoms with Crippen molar-refractivity contribution in [2.45, 2.75) is 6.92 Å². The Hall–Kier alpha value is -2.29. The highest BCUT2D eigenvalue weighted by Crippen LogP contribution is 2.18. The van der Waals surface area contributed by atoms with E-state index in [-0.39, 0.29) is 12.0 Å². The fourth-order valence-corrected chi connectivity index (χ4v) is 2.77. The van der Waals surface area contributed by atoms with Crippen molar-refractivity contribution in [2.24, 2.45) is 0 Å². The van der Waals surface area contributed by atoms with E-state index in [2.05, 4.69) is 5.16 Å². The van der Waals surface area contributed by atoms with E-state index >= 15 is 0 Å². The molecule has 0 radical (unpaired) electrons. The van der Waals surface area contributed by atoms with Gasteiger partial charge in [0.25, 0.3) is 5.91 Å². The minimum Gasteiger partial charge on any atom is -0.450 e. The first-order valence-electron chi connectivity index (χ1n) is 8.19. The molecule has 0 atom stereocenters. The summed E-state index contributed by atoms with van der Waals surface area (Å²) < 4.78 is 15.6. The number of nitrogens with zero attached hydrogens (tertiary/aromatic N) is 4. The Labute approximate surface area is 140 Å². The second kappa shape index (κ2) is 7.52. The molecule has 0 bridgehead atoms. The molecule has 24 heavy (non-hydrogen) atoms. The van der Waals surface area contributed by atoms with Gasteiger partial charge in [-0.05, 0) is 6.92 Å². The molecule has 0 spiro atoms. The molecule has 9 nitrogen and oxygen atoms in total. The molecule has 2 aliphatic heterocycles. The highest BCUT2D eigenvalue weighted by atomic mass is 16.6. The van der Waals surface area contributed by atoms with E-state index < -0.39 is 0 Å². The normalized spacial score (nSPS) is 18.6. The Morgan fingerprint density at radius 3 is 2.46 bits per heavy atom. The summed E-state index contributed by atoms with van der Waals surface area (Å²) in [6.45, 7) is 6.67. The summed E-state index contributed by atoms with van der Waals surface area (Å²) in [6, 6.07) is 1.67. The van der Waals surface area contributed by atoms with Gasteiger partial charge in [-0.1, -0.05) is 5.16 Å². The number of amides is 2. The first-order valence-corrected chi connectivity index (χ1v) is 8.19. The van der Waals surface area contributed by atoms with Crippen molar-refractivity contribution in [3.05, 3.63) is 11.8 Å². The second-order valence-electron chi connectivity index (χ2n) is 5.63. The van der Waals surface area contributed by atoms with Gasteiger partial charge in [-0.2, -0.15) is 0 Å². The quantitative estimate of drug-likeness (QED) is 0.789. The van der Waals surface area contributed by atoms with Crippen molar-refractivity contribution in [3.8, 4) is 0 Å². The van der Waals surface area contributed by atoms with Crippen molar-refractivity contribution in [3.63, 3.8) is 0 Å². The number of carbonyl (C=O) groups is 2. The summed E-state index contributed by atoms with van der Waals surface area (Å²) in [5.74, 6) is 0.411. The standard InChI is InChI=1S/C15H22N4O5/c1-2-23-15(21)19-5-3-18(4-6-19)14(20)12-11-13(24-16-12)17-7-9-22-10-8-17/h11H,2-10H2,1H3. The molecular formula is C15H22N4O5. The minimum absolute atomic E-state index is 0.179. The third-order valence-corrected chi connectivity index (χ3v) is 4.13. The second-order valence-corrected chi connectivity index (χ2v) is 5.63. The van der Waals surface area contributed by atoms with E-state index in [4.69, 9.17) is 14.0 Å². The first kappa shape index (κ1) is 16.6. The van der Waals surface area contributed by atoms with E-state index in [1.54, 1.807) is 22.8 Å². The molecule has 1 aromatic rings. The molecule has 1 aromatic heterocycles. The number of hydrogen-bond donors (Lipinski definition) is 0. The van der Waals surface area contributed by atoms with Crippen molar-refractivity contribution < 1.29 is 23.6 Å². The van der Waals surface area contributed by atoms with Crippen LogP contribution in [-0.4, -0.2) is 86.0 Å². The van der Waals surface area contributed by atoms with Gasteiger partial charge < -0.3 is 28.7 Å². The van der Waals surface area contributed by atoms with Gasteiger partial charge in [0, 0.05) is 45.3 Å². The Bertz CT molecular complexity index is 576. The summed E-state index contributed by atoms with van der Waals surface area (Å²) in [6.07, 6.45) is -0.333. The molecular weight excluding hydrogens is 316 g/mol. The smallest absolute Gasteiger partial charge is 0.409 e. The highest BCUT2D eigenvalue weighted by molar-refractivity contribution is 5.93. The average Bonchev–Trinajstić information content (AvgIpc) is 3.12. The van der Waals surface area contributed by atoms with Crippen LogP contribution in [0.5, 0.6) is 0 Å². The number of rotatable bonds is 3. The number of hydrogen-bond acceptors (Lipinski definition) is 7. The molecule has 9 heteroatoms. The zero-order valence-corrected chi connectivity index (χ0v) is 13.8. The minimum atomic E-state index is -0.333. The van der Waals surface area contributed by atoms with Crippen LogP contribution in [0, 0.1) is 0 Å². The van der Waals surface area contributed by atoms with Crippen molar-refractivity contribution in [1.29, 1.82) is 0 Å². The van der Waals surface area contributed by atoms with Crippen LogP contribution in [0.25, 0.3) is 0 Å². The van der Waals surface area contributed by atoms with Crippen LogP contribution in [0.3, 0.4) is 0 Å². The summed E-state index contributed by atoms with van der Waals surface area (Å²) in [5, 5.41) is 3.90. The average molecular weight is 338 g/mol. The fourth-order valence-electron chi connectivity index (χ4n) is 2.77. The molecule has 3 rings (SSSR count). The monoisotopic (exact) mass is 338 g/mol. The van der Waals surface area contributed by atoms with Crippen LogP contribution >= 0.6 is 0 Å². The number of ether oxygens (including phenoxy) is 2. The molecule has 0 N–H and O–H groups in total. The lowest BCUT2D eigenvalue weighted by atomic mass is 10.3. The highest BCUT2D eigenvalue weighted by Gasteiger charge is 2.28. The SMILES string of the molecule is CCOC(=O)N1CCN(C(=O)c2cc(N3CCOCC3)on2)CC1. The zero-order valence-electron chi connectivity index (χ0n) is 13.8. The summed E-state index contributed by atoms with van der Waals surface area (Å²) >= 11 is 0. The van der Waals surface area contributed by atoms with Crippen LogP contribution < -0.4 is 4.90 Å². The van der Waals surface area contributed by atoms with Crippen LogP contribution in [0.2, 0.25) is 0 Å². The maximum absolute atomic E-state index is 12.5. The van der Waals surface area contributed by atoms with Crippen LogP contribution in [-0.2, 0) is 9.47 Å². The molecule has 0 aromatic carbocycles. The van der Waals surface area contributed by atoms with Crippen molar-refractivity contribution in [1.82, 2.24) is 15.0 Å². The third kappa shape index (κ3) is 3.61. The Kier molecular flexibility index (Phi) is 5.19. The lowest BCUT2D eigenvalue weighted by Gasteiger charge is -2.33. The molecule has 2 fully saturated rings. The molecule has 2 amide bonds. The largest absolute Gasteiger partial charge is 0.450 e. The molecule has 2 saturated heterocycles. The molecule has 2 aliphatic rings. The molecule has 132 valence electrons. The maximum atomic E-state index is 12.5. The van der Waals surface area contributed by atoms with Crippen LogP contribution in [0.4, 0.5) is 10.7 Å². The van der Waals surface area contributed by atoms with Crippen molar-refractivity contribution in [2.75, 3.05) is 64.0 Å². The topological polar surface area (TPSA) is 88.4 Å². The summed E-state index contributed by atoms with van der Waals surface area (Å²) in [7, 11) is 0. The molecule has 0 aliphatic carbocycles. The van der Waals surface area contributed by atoms with Crippen molar-refractivity contribution >= 4 is 17.9 Å². The predicted molar refractivity (Wildman–Crippen MR) is 84.0 cm³/mol. The van der Waals surface area contributed by atoms with E-state index in [0.717, 1.165) is 13.1 Å². The van der Waals surface area contributed by atoms with E-state index in [1.807, 2.05) is 4.90 Å². The van der Waals surface area contributed by atoms with Gasteiger partial charge in [0.2, 0.25) is 5.88 Å². The van der Waals surface area contributed by atoms with Gasteiger partial charge in [0.15, 0.2) is 5.69 Å².